The standard InChI is InChI=1S/C24H24N2O4/c1-29-21-13-9-18(10-14-21)15-16-25-24(28)26-23(27)20-11-7-19(8-12-20)17-30-22-5-3-2-4-6-22/h2-14H,15-17H2,1H3,(H2,25,26,27,28). The molecule has 30 heavy (non-hydrogen) atoms. The van der Waals surface area contributed by atoms with E-state index in [9.17, 15) is 9.59 Å². The number of carbonyl (C=O) groups excluding carboxylic acids is 2. The molecule has 0 fully saturated rings. The summed E-state index contributed by atoms with van der Waals surface area (Å²) >= 11 is 0. The number of rotatable bonds is 8. The van der Waals surface area contributed by atoms with Crippen LogP contribution in [0.25, 0.3) is 0 Å². The van der Waals surface area contributed by atoms with Crippen LogP contribution in [0.3, 0.4) is 0 Å². The lowest BCUT2D eigenvalue weighted by atomic mass is 10.1. The lowest BCUT2D eigenvalue weighted by molar-refractivity contribution is 0.0964. The molecule has 2 N–H and O–H groups in total. The number of urea groups is 1. The van der Waals surface area contributed by atoms with E-state index in [4.69, 9.17) is 9.47 Å². The lowest BCUT2D eigenvalue weighted by Crippen LogP contribution is -2.40. The molecule has 0 aliphatic rings. The summed E-state index contributed by atoms with van der Waals surface area (Å²) < 4.78 is 10.8. The van der Waals surface area contributed by atoms with Crippen LogP contribution in [0.2, 0.25) is 0 Å². The molecular weight excluding hydrogens is 380 g/mol. The molecule has 3 aromatic rings. The predicted octanol–water partition coefficient (Wildman–Crippen LogP) is 3.96. The van der Waals surface area contributed by atoms with Crippen LogP contribution >= 0.6 is 0 Å². The Morgan fingerprint density at radius 3 is 2.13 bits per heavy atom. The van der Waals surface area contributed by atoms with Gasteiger partial charge in [0.2, 0.25) is 0 Å². The molecule has 0 heterocycles. The molecule has 0 atom stereocenters. The topological polar surface area (TPSA) is 76.7 Å². The largest absolute Gasteiger partial charge is 0.497 e. The molecule has 3 aromatic carbocycles. The Hall–Kier alpha value is -3.80. The highest BCUT2D eigenvalue weighted by Crippen LogP contribution is 2.13. The third kappa shape index (κ3) is 6.38. The van der Waals surface area contributed by atoms with E-state index in [0.29, 0.717) is 25.1 Å². The Morgan fingerprint density at radius 2 is 1.47 bits per heavy atom. The Bertz CT molecular complexity index is 955. The maximum absolute atomic E-state index is 12.2. The van der Waals surface area contributed by atoms with Gasteiger partial charge >= 0.3 is 6.03 Å². The monoisotopic (exact) mass is 404 g/mol. The minimum atomic E-state index is -0.523. The molecule has 6 nitrogen and oxygen atoms in total. The predicted molar refractivity (Wildman–Crippen MR) is 115 cm³/mol. The summed E-state index contributed by atoms with van der Waals surface area (Å²) in [4.78, 5) is 24.2. The number of para-hydroxylation sites is 1. The van der Waals surface area contributed by atoms with Gasteiger partial charge < -0.3 is 14.8 Å². The number of hydrogen-bond donors (Lipinski definition) is 2. The van der Waals surface area contributed by atoms with Crippen LogP contribution in [-0.2, 0) is 13.0 Å². The van der Waals surface area contributed by atoms with Gasteiger partial charge in [0, 0.05) is 12.1 Å². The summed E-state index contributed by atoms with van der Waals surface area (Å²) in [6, 6.07) is 23.5. The SMILES string of the molecule is COc1ccc(CCNC(=O)NC(=O)c2ccc(COc3ccccc3)cc2)cc1. The molecule has 0 radical (unpaired) electrons. The highest BCUT2D eigenvalue weighted by molar-refractivity contribution is 6.04. The summed E-state index contributed by atoms with van der Waals surface area (Å²) in [6.45, 7) is 0.818. The Kier molecular flexibility index (Phi) is 7.44. The van der Waals surface area contributed by atoms with Crippen molar-refractivity contribution in [2.24, 2.45) is 0 Å². The van der Waals surface area contributed by atoms with Crippen molar-refractivity contribution >= 4 is 11.9 Å². The molecule has 0 saturated carbocycles. The van der Waals surface area contributed by atoms with Crippen LogP contribution in [-0.4, -0.2) is 25.6 Å². The smallest absolute Gasteiger partial charge is 0.321 e. The van der Waals surface area contributed by atoms with Crippen molar-refractivity contribution in [3.05, 3.63) is 95.6 Å². The lowest BCUT2D eigenvalue weighted by Gasteiger charge is -2.09. The van der Waals surface area contributed by atoms with Gasteiger partial charge in [0.05, 0.1) is 7.11 Å². The quantitative estimate of drug-likeness (QED) is 0.596. The number of amides is 3. The fourth-order valence-electron chi connectivity index (χ4n) is 2.77. The van der Waals surface area contributed by atoms with Gasteiger partial charge in [-0.05, 0) is 53.9 Å². The minimum absolute atomic E-state index is 0.401. The summed E-state index contributed by atoms with van der Waals surface area (Å²) in [5, 5.41) is 5.03. The van der Waals surface area contributed by atoms with Crippen molar-refractivity contribution in [3.63, 3.8) is 0 Å². The molecule has 3 rings (SSSR count). The van der Waals surface area contributed by atoms with Crippen LogP contribution in [0, 0.1) is 0 Å². The van der Waals surface area contributed by atoms with E-state index in [1.807, 2.05) is 54.6 Å². The highest BCUT2D eigenvalue weighted by atomic mass is 16.5. The maximum Gasteiger partial charge on any atom is 0.321 e. The average molecular weight is 404 g/mol. The third-order valence-electron chi connectivity index (χ3n) is 4.45. The van der Waals surface area contributed by atoms with E-state index in [1.165, 1.54) is 0 Å². The van der Waals surface area contributed by atoms with Gasteiger partial charge in [-0.1, -0.05) is 42.5 Å². The number of hydrogen-bond acceptors (Lipinski definition) is 4. The minimum Gasteiger partial charge on any atom is -0.497 e. The van der Waals surface area contributed by atoms with Gasteiger partial charge in [0.25, 0.3) is 5.91 Å². The van der Waals surface area contributed by atoms with Gasteiger partial charge in [-0.15, -0.1) is 0 Å². The van der Waals surface area contributed by atoms with Crippen LogP contribution in [0.5, 0.6) is 11.5 Å². The molecule has 0 spiro atoms. The van der Waals surface area contributed by atoms with Gasteiger partial charge in [-0.3, -0.25) is 10.1 Å². The highest BCUT2D eigenvalue weighted by Gasteiger charge is 2.10. The summed E-state index contributed by atoms with van der Waals surface area (Å²) in [6.07, 6.45) is 0.654. The molecule has 0 aliphatic heterocycles. The van der Waals surface area contributed by atoms with Crippen molar-refractivity contribution in [2.45, 2.75) is 13.0 Å². The van der Waals surface area contributed by atoms with Gasteiger partial charge in [-0.2, -0.15) is 0 Å². The fraction of sp³-hybridized carbons (Fsp3) is 0.167. The molecule has 0 aliphatic carbocycles. The maximum atomic E-state index is 12.2. The molecule has 0 saturated heterocycles. The summed E-state index contributed by atoms with van der Waals surface area (Å²) in [7, 11) is 1.62. The normalized spacial score (nSPS) is 10.2. The van der Waals surface area contributed by atoms with Gasteiger partial charge in [0.1, 0.15) is 18.1 Å². The van der Waals surface area contributed by atoms with E-state index < -0.39 is 11.9 Å². The number of carbonyl (C=O) groups is 2. The first-order chi connectivity index (χ1) is 14.6. The Balaban J connectivity index is 1.41. The van der Waals surface area contributed by atoms with Crippen LogP contribution in [0.4, 0.5) is 4.79 Å². The van der Waals surface area contributed by atoms with Gasteiger partial charge in [-0.25, -0.2) is 4.79 Å². The summed E-state index contributed by atoms with van der Waals surface area (Å²) in [5.41, 5.74) is 2.40. The summed E-state index contributed by atoms with van der Waals surface area (Å²) in [5.74, 6) is 1.12. The number of imide groups is 1. The molecular formula is C24H24N2O4. The first-order valence-electron chi connectivity index (χ1n) is 9.63. The van der Waals surface area contributed by atoms with Crippen molar-refractivity contribution in [2.75, 3.05) is 13.7 Å². The van der Waals surface area contributed by atoms with Crippen molar-refractivity contribution in [1.29, 1.82) is 0 Å². The molecule has 6 heteroatoms. The van der Waals surface area contributed by atoms with Crippen molar-refractivity contribution in [3.8, 4) is 11.5 Å². The van der Waals surface area contributed by atoms with Crippen molar-refractivity contribution in [1.82, 2.24) is 10.6 Å². The van der Waals surface area contributed by atoms with E-state index in [-0.39, 0.29) is 0 Å². The molecule has 0 aromatic heterocycles. The first-order valence-corrected chi connectivity index (χ1v) is 9.63. The second kappa shape index (κ2) is 10.7. The van der Waals surface area contributed by atoms with Crippen molar-refractivity contribution < 1.29 is 19.1 Å². The average Bonchev–Trinajstić information content (AvgIpc) is 2.79. The Morgan fingerprint density at radius 1 is 0.800 bits per heavy atom. The zero-order chi connectivity index (χ0) is 21.2. The zero-order valence-electron chi connectivity index (χ0n) is 16.8. The van der Waals surface area contributed by atoms with E-state index >= 15 is 0 Å². The van der Waals surface area contributed by atoms with E-state index in [0.717, 1.165) is 22.6 Å². The number of benzene rings is 3. The Labute approximate surface area is 175 Å². The molecule has 0 bridgehead atoms. The van der Waals surface area contributed by atoms with Crippen LogP contribution in [0.15, 0.2) is 78.9 Å². The van der Waals surface area contributed by atoms with E-state index in [2.05, 4.69) is 10.6 Å². The molecule has 0 unspecified atom stereocenters. The van der Waals surface area contributed by atoms with Gasteiger partial charge in [0.15, 0.2) is 0 Å². The number of nitrogens with one attached hydrogen (secondary N) is 2. The molecule has 154 valence electrons. The zero-order valence-corrected chi connectivity index (χ0v) is 16.8. The molecule has 3 amide bonds. The van der Waals surface area contributed by atoms with E-state index in [1.54, 1.807) is 31.4 Å². The van der Waals surface area contributed by atoms with Crippen LogP contribution < -0.4 is 20.1 Å². The number of ether oxygens (including phenoxy) is 2. The third-order valence-corrected chi connectivity index (χ3v) is 4.45. The first kappa shape index (κ1) is 20.9. The number of methoxy groups -OCH3 is 1. The van der Waals surface area contributed by atoms with Crippen LogP contribution in [0.1, 0.15) is 21.5 Å². The fourth-order valence-corrected chi connectivity index (χ4v) is 2.77. The second-order valence-electron chi connectivity index (χ2n) is 6.61. The second-order valence-corrected chi connectivity index (χ2v) is 6.61.